The Morgan fingerprint density at radius 1 is 1.60 bits per heavy atom. The lowest BCUT2D eigenvalue weighted by Gasteiger charge is -2.00. The Kier molecular flexibility index (Phi) is 1.53. The molecule has 1 fully saturated rings. The molecule has 0 N–H and O–H groups in total. The molecule has 0 aromatic carbocycles. The third-order valence-electron chi connectivity index (χ3n) is 1.74. The van der Waals surface area contributed by atoms with Gasteiger partial charge in [0.1, 0.15) is 5.78 Å². The molecule has 1 rings (SSSR count). The van der Waals surface area contributed by atoms with E-state index in [4.69, 9.17) is 0 Å². The number of carbonyl (C=O) groups is 1. The molecule has 0 radical (unpaired) electrons. The van der Waals surface area contributed by atoms with Gasteiger partial charge in [-0.05, 0) is 0 Å². The molecule has 58 valence electrons. The van der Waals surface area contributed by atoms with Crippen molar-refractivity contribution in [1.29, 1.82) is 0 Å². The van der Waals surface area contributed by atoms with Gasteiger partial charge in [-0.2, -0.15) is 0 Å². The van der Waals surface area contributed by atoms with Crippen molar-refractivity contribution in [2.24, 2.45) is 11.8 Å². The van der Waals surface area contributed by atoms with Crippen molar-refractivity contribution >= 4 is 5.78 Å². The zero-order valence-electron chi connectivity index (χ0n) is 6.03. The first-order valence-corrected chi connectivity index (χ1v) is 3.36. The van der Waals surface area contributed by atoms with Crippen molar-refractivity contribution in [3.05, 3.63) is 0 Å². The quantitative estimate of drug-likeness (QED) is 0.584. The summed E-state index contributed by atoms with van der Waals surface area (Å²) in [6, 6.07) is 0. The zero-order chi connectivity index (χ0) is 7.94. The van der Waals surface area contributed by atoms with E-state index >= 15 is 0 Å². The van der Waals surface area contributed by atoms with E-state index in [1.54, 1.807) is 13.8 Å². The molecule has 0 aromatic rings. The molecule has 3 heteroatoms. The molecule has 1 saturated carbocycles. The molecular formula is C7H10F2O. The van der Waals surface area contributed by atoms with Crippen LogP contribution in [0.3, 0.4) is 0 Å². The fourth-order valence-corrected chi connectivity index (χ4v) is 0.924. The van der Waals surface area contributed by atoms with Crippen LogP contribution < -0.4 is 0 Å². The fourth-order valence-electron chi connectivity index (χ4n) is 0.924. The maximum atomic E-state index is 12.2. The summed E-state index contributed by atoms with van der Waals surface area (Å²) in [5.41, 5.74) is 0. The van der Waals surface area contributed by atoms with Crippen LogP contribution in [0.4, 0.5) is 8.78 Å². The first-order chi connectivity index (χ1) is 4.45. The number of hydrogen-bond donors (Lipinski definition) is 0. The van der Waals surface area contributed by atoms with Crippen molar-refractivity contribution in [2.45, 2.75) is 26.2 Å². The number of rotatable bonds is 2. The highest BCUT2D eigenvalue weighted by atomic mass is 19.3. The number of ketones is 1. The molecule has 0 spiro atoms. The summed E-state index contributed by atoms with van der Waals surface area (Å²) in [6.45, 7) is 3.30. The predicted octanol–water partition coefficient (Wildman–Crippen LogP) is 1.87. The van der Waals surface area contributed by atoms with Crippen LogP contribution in [0, 0.1) is 11.8 Å². The number of halogens is 2. The van der Waals surface area contributed by atoms with Crippen LogP contribution in [-0.2, 0) is 4.79 Å². The maximum absolute atomic E-state index is 12.2. The molecule has 0 aromatic heterocycles. The minimum absolute atomic E-state index is 0.232. The molecule has 0 heterocycles. The second kappa shape index (κ2) is 2.01. The van der Waals surface area contributed by atoms with E-state index in [1.165, 1.54) is 0 Å². The van der Waals surface area contributed by atoms with Gasteiger partial charge in [-0.15, -0.1) is 0 Å². The molecule has 1 nitrogen and oxygen atoms in total. The van der Waals surface area contributed by atoms with Gasteiger partial charge in [-0.3, -0.25) is 4.79 Å². The molecule has 10 heavy (non-hydrogen) atoms. The SMILES string of the molecule is CC(C)C(=O)[C@H]1CC1(F)F. The third-order valence-corrected chi connectivity index (χ3v) is 1.74. The summed E-state index contributed by atoms with van der Waals surface area (Å²) in [7, 11) is 0. The summed E-state index contributed by atoms with van der Waals surface area (Å²) in [6.07, 6.45) is -0.232. The van der Waals surface area contributed by atoms with E-state index in [9.17, 15) is 13.6 Å². The van der Waals surface area contributed by atoms with E-state index in [0.717, 1.165) is 0 Å². The maximum Gasteiger partial charge on any atom is 0.258 e. The number of Topliss-reactive ketones (excluding diaryl/α,β-unsaturated/α-hetero) is 1. The van der Waals surface area contributed by atoms with Crippen molar-refractivity contribution in [1.82, 2.24) is 0 Å². The second-order valence-electron chi connectivity index (χ2n) is 3.07. The van der Waals surface area contributed by atoms with Gasteiger partial charge in [0.15, 0.2) is 0 Å². The Morgan fingerprint density at radius 2 is 2.00 bits per heavy atom. The summed E-state index contributed by atoms with van der Waals surface area (Å²) >= 11 is 0. The van der Waals surface area contributed by atoms with Crippen molar-refractivity contribution in [3.63, 3.8) is 0 Å². The molecule has 1 aliphatic carbocycles. The Labute approximate surface area is 58.4 Å². The van der Waals surface area contributed by atoms with Crippen LogP contribution in [-0.4, -0.2) is 11.7 Å². The molecule has 1 atom stereocenters. The largest absolute Gasteiger partial charge is 0.299 e. The molecule has 0 aliphatic heterocycles. The van der Waals surface area contributed by atoms with Crippen LogP contribution >= 0.6 is 0 Å². The second-order valence-corrected chi connectivity index (χ2v) is 3.07. The average molecular weight is 148 g/mol. The minimum Gasteiger partial charge on any atom is -0.299 e. The Hall–Kier alpha value is -0.470. The van der Waals surface area contributed by atoms with E-state index in [0.29, 0.717) is 0 Å². The smallest absolute Gasteiger partial charge is 0.258 e. The van der Waals surface area contributed by atoms with Gasteiger partial charge in [0.2, 0.25) is 0 Å². The summed E-state index contributed by atoms with van der Waals surface area (Å²) in [5.74, 6) is -4.20. The van der Waals surface area contributed by atoms with Crippen LogP contribution in [0.25, 0.3) is 0 Å². The molecule has 0 unspecified atom stereocenters. The van der Waals surface area contributed by atoms with E-state index < -0.39 is 11.8 Å². The molecule has 1 aliphatic rings. The Bertz CT molecular complexity index is 163. The van der Waals surface area contributed by atoms with Crippen LogP contribution in [0.15, 0.2) is 0 Å². The summed E-state index contributed by atoms with van der Waals surface area (Å²) in [5, 5.41) is 0. The van der Waals surface area contributed by atoms with Gasteiger partial charge in [-0.1, -0.05) is 13.8 Å². The first kappa shape index (κ1) is 7.63. The first-order valence-electron chi connectivity index (χ1n) is 3.36. The van der Waals surface area contributed by atoms with Gasteiger partial charge < -0.3 is 0 Å². The summed E-state index contributed by atoms with van der Waals surface area (Å²) in [4.78, 5) is 10.8. The van der Waals surface area contributed by atoms with Gasteiger partial charge in [0, 0.05) is 12.3 Å². The van der Waals surface area contributed by atoms with Gasteiger partial charge >= 0.3 is 0 Å². The lowest BCUT2D eigenvalue weighted by atomic mass is 10.1. The number of carbonyl (C=O) groups excluding carboxylic acids is 1. The Balaban J connectivity index is 2.48. The van der Waals surface area contributed by atoms with Gasteiger partial charge in [-0.25, -0.2) is 8.78 Å². The monoisotopic (exact) mass is 148 g/mol. The Morgan fingerprint density at radius 3 is 2.10 bits per heavy atom. The van der Waals surface area contributed by atoms with Crippen LogP contribution in [0.1, 0.15) is 20.3 Å². The van der Waals surface area contributed by atoms with Crippen molar-refractivity contribution in [2.75, 3.05) is 0 Å². The van der Waals surface area contributed by atoms with Gasteiger partial charge in [0.05, 0.1) is 5.92 Å². The van der Waals surface area contributed by atoms with Crippen LogP contribution in [0.5, 0.6) is 0 Å². The fraction of sp³-hybridized carbons (Fsp3) is 0.857. The topological polar surface area (TPSA) is 17.1 Å². The molecule has 0 saturated heterocycles. The predicted molar refractivity (Wildman–Crippen MR) is 32.9 cm³/mol. The standard InChI is InChI=1S/C7H10F2O/c1-4(2)6(10)5-3-7(5,8)9/h4-5H,3H2,1-2H3/t5-/m1/s1. The van der Waals surface area contributed by atoms with E-state index in [2.05, 4.69) is 0 Å². The number of hydrogen-bond acceptors (Lipinski definition) is 1. The molecule has 0 bridgehead atoms. The zero-order valence-corrected chi connectivity index (χ0v) is 6.03. The molecular weight excluding hydrogens is 138 g/mol. The highest BCUT2D eigenvalue weighted by Gasteiger charge is 2.60. The van der Waals surface area contributed by atoms with E-state index in [1.807, 2.05) is 0 Å². The minimum atomic E-state index is -2.68. The third kappa shape index (κ3) is 1.18. The lowest BCUT2D eigenvalue weighted by molar-refractivity contribution is -0.125. The number of alkyl halides is 2. The molecule has 0 amide bonds. The van der Waals surface area contributed by atoms with Crippen molar-refractivity contribution < 1.29 is 13.6 Å². The van der Waals surface area contributed by atoms with Crippen molar-refractivity contribution in [3.8, 4) is 0 Å². The average Bonchev–Trinajstić information content (AvgIpc) is 2.38. The normalized spacial score (nSPS) is 28.7. The summed E-state index contributed by atoms with van der Waals surface area (Å²) < 4.78 is 24.4. The highest BCUT2D eigenvalue weighted by Crippen LogP contribution is 2.50. The van der Waals surface area contributed by atoms with Gasteiger partial charge in [0.25, 0.3) is 5.92 Å². The highest BCUT2D eigenvalue weighted by molar-refractivity contribution is 5.86. The van der Waals surface area contributed by atoms with Crippen LogP contribution in [0.2, 0.25) is 0 Å². The van der Waals surface area contributed by atoms with E-state index in [-0.39, 0.29) is 18.1 Å². The lowest BCUT2D eigenvalue weighted by Crippen LogP contribution is -2.13.